The van der Waals surface area contributed by atoms with E-state index in [1.165, 1.54) is 10.4 Å². The second kappa shape index (κ2) is 11.1. The van der Waals surface area contributed by atoms with E-state index in [-0.39, 0.29) is 37.2 Å². The smallest absolute Gasteiger partial charge is 0.417 e. The highest BCUT2D eigenvalue weighted by Crippen LogP contribution is 2.47. The molecule has 43 heavy (non-hydrogen) atoms. The molecule has 2 heterocycles. The molecule has 3 atom stereocenters. The van der Waals surface area contributed by atoms with E-state index >= 15 is 0 Å². The van der Waals surface area contributed by atoms with Crippen LogP contribution in [0, 0.1) is 0 Å². The van der Waals surface area contributed by atoms with E-state index < -0.39 is 33.8 Å². The van der Waals surface area contributed by atoms with Gasteiger partial charge in [-0.3, -0.25) is 4.79 Å². The van der Waals surface area contributed by atoms with E-state index in [0.717, 1.165) is 17.9 Å². The first-order chi connectivity index (χ1) is 20.4. The lowest BCUT2D eigenvalue weighted by Gasteiger charge is -2.20. The SMILES string of the molecule is CS(=O)(=O)N1CC[C@@H](Oc2ccc(-c3c(C(F)(F)F)ccc4c3CC[C@H]4Oc3ccc4c(c3)OC[C@H]4CC(=O)O)cc2)C1. The summed E-state index contributed by atoms with van der Waals surface area (Å²) in [5, 5.41) is 9.14. The third-order valence-electron chi connectivity index (χ3n) is 8.24. The monoisotopic (exact) mass is 617 g/mol. The number of nitrogens with zero attached hydrogens (tertiary/aromatic N) is 1. The molecule has 2 aliphatic heterocycles. The number of halogens is 3. The Bertz CT molecular complexity index is 1660. The van der Waals surface area contributed by atoms with Crippen LogP contribution in [-0.4, -0.2) is 55.9 Å². The highest BCUT2D eigenvalue weighted by molar-refractivity contribution is 7.88. The van der Waals surface area contributed by atoms with Gasteiger partial charge in [-0.15, -0.1) is 0 Å². The zero-order chi connectivity index (χ0) is 30.5. The van der Waals surface area contributed by atoms with Crippen molar-refractivity contribution < 1.29 is 45.7 Å². The summed E-state index contributed by atoms with van der Waals surface area (Å²) in [6.45, 7) is 0.857. The number of carboxylic acids is 1. The van der Waals surface area contributed by atoms with Gasteiger partial charge in [-0.05, 0) is 65.8 Å². The number of ether oxygens (including phenoxy) is 3. The van der Waals surface area contributed by atoms with Crippen molar-refractivity contribution in [1.82, 2.24) is 4.31 Å². The first kappa shape index (κ1) is 29.3. The molecule has 3 aliphatic rings. The molecule has 8 nitrogen and oxygen atoms in total. The van der Waals surface area contributed by atoms with Gasteiger partial charge in [-0.2, -0.15) is 17.5 Å². The van der Waals surface area contributed by atoms with Gasteiger partial charge in [0.25, 0.3) is 0 Å². The Kier molecular flexibility index (Phi) is 7.54. The minimum absolute atomic E-state index is 0.0387. The van der Waals surface area contributed by atoms with Crippen molar-refractivity contribution in [3.8, 4) is 28.4 Å². The van der Waals surface area contributed by atoms with Crippen molar-refractivity contribution in [3.63, 3.8) is 0 Å². The molecule has 1 saturated heterocycles. The molecule has 1 aliphatic carbocycles. The summed E-state index contributed by atoms with van der Waals surface area (Å²) in [4.78, 5) is 11.1. The highest BCUT2D eigenvalue weighted by atomic mass is 32.2. The molecule has 3 aromatic carbocycles. The van der Waals surface area contributed by atoms with Gasteiger partial charge in [0, 0.05) is 24.1 Å². The van der Waals surface area contributed by atoms with E-state index in [2.05, 4.69) is 0 Å². The first-order valence-electron chi connectivity index (χ1n) is 14.0. The maximum absolute atomic E-state index is 14.2. The molecule has 0 amide bonds. The summed E-state index contributed by atoms with van der Waals surface area (Å²) in [7, 11) is -3.32. The van der Waals surface area contributed by atoms with Crippen LogP contribution in [-0.2, 0) is 27.4 Å². The third-order valence-corrected chi connectivity index (χ3v) is 9.51. The average Bonchev–Trinajstić information content (AvgIpc) is 3.67. The normalized spacial score (nSPS) is 21.7. The predicted octanol–water partition coefficient (Wildman–Crippen LogP) is 5.80. The lowest BCUT2D eigenvalue weighted by molar-refractivity contribution is -0.138. The standard InChI is InChI=1S/C31H30F3NO7S/c1-43(38,39)35-13-12-22(16-35)41-20-4-2-18(3-5-20)30-25-9-11-27(24(25)8-10-26(30)31(32,33)34)42-21-6-7-23-19(14-29(36)37)17-40-28(23)15-21/h2-8,10,15,19,22,27H,9,11-14,16-17H2,1H3,(H,36,37)/t19-,22-,27-/m1/s1. The largest absolute Gasteiger partial charge is 0.492 e. The summed E-state index contributed by atoms with van der Waals surface area (Å²) >= 11 is 0. The first-order valence-corrected chi connectivity index (χ1v) is 15.8. The van der Waals surface area contributed by atoms with Gasteiger partial charge in [0.1, 0.15) is 29.5 Å². The van der Waals surface area contributed by atoms with E-state index in [9.17, 15) is 26.4 Å². The number of sulfonamides is 1. The second-order valence-electron chi connectivity index (χ2n) is 11.2. The minimum atomic E-state index is -4.57. The van der Waals surface area contributed by atoms with Gasteiger partial charge in [0.15, 0.2) is 0 Å². The number of rotatable bonds is 8. The van der Waals surface area contributed by atoms with Gasteiger partial charge in [-0.1, -0.05) is 24.3 Å². The Balaban J connectivity index is 1.24. The molecule has 1 N–H and O–H groups in total. The van der Waals surface area contributed by atoms with E-state index in [0.29, 0.717) is 59.7 Å². The van der Waals surface area contributed by atoms with Gasteiger partial charge in [0.2, 0.25) is 10.0 Å². The van der Waals surface area contributed by atoms with Crippen LogP contribution >= 0.6 is 0 Å². The predicted molar refractivity (Wildman–Crippen MR) is 151 cm³/mol. The average molecular weight is 618 g/mol. The van der Waals surface area contributed by atoms with Gasteiger partial charge in [-0.25, -0.2) is 8.42 Å². The molecule has 6 rings (SSSR count). The number of carbonyl (C=O) groups is 1. The summed E-state index contributed by atoms with van der Waals surface area (Å²) in [5.74, 6) is 0.358. The number of benzene rings is 3. The number of aliphatic carboxylic acids is 1. The van der Waals surface area contributed by atoms with Crippen LogP contribution in [0.3, 0.4) is 0 Å². The molecular formula is C31H30F3NO7S. The van der Waals surface area contributed by atoms with Crippen LogP contribution in [0.2, 0.25) is 0 Å². The lowest BCUT2D eigenvalue weighted by Crippen LogP contribution is -2.29. The topological polar surface area (TPSA) is 102 Å². The maximum Gasteiger partial charge on any atom is 0.417 e. The fraction of sp³-hybridized carbons (Fsp3) is 0.387. The van der Waals surface area contributed by atoms with Crippen molar-refractivity contribution >= 4 is 16.0 Å². The zero-order valence-corrected chi connectivity index (χ0v) is 24.1. The number of hydrogen-bond donors (Lipinski definition) is 1. The van der Waals surface area contributed by atoms with Crippen LogP contribution in [0.4, 0.5) is 13.2 Å². The molecule has 3 aromatic rings. The molecule has 0 aromatic heterocycles. The molecule has 0 saturated carbocycles. The molecule has 0 bridgehead atoms. The van der Waals surface area contributed by atoms with Crippen molar-refractivity contribution in [3.05, 3.63) is 76.9 Å². The fourth-order valence-corrected chi connectivity index (χ4v) is 7.09. The molecule has 0 spiro atoms. The lowest BCUT2D eigenvalue weighted by atomic mass is 9.91. The van der Waals surface area contributed by atoms with Gasteiger partial charge >= 0.3 is 12.1 Å². The van der Waals surface area contributed by atoms with Gasteiger partial charge < -0.3 is 19.3 Å². The Morgan fingerprint density at radius 1 is 1.02 bits per heavy atom. The zero-order valence-electron chi connectivity index (χ0n) is 23.3. The second-order valence-corrected chi connectivity index (χ2v) is 13.2. The van der Waals surface area contributed by atoms with Crippen molar-refractivity contribution in [2.24, 2.45) is 0 Å². The van der Waals surface area contributed by atoms with Crippen molar-refractivity contribution in [2.75, 3.05) is 26.0 Å². The summed E-state index contributed by atoms with van der Waals surface area (Å²) < 4.78 is 85.4. The molecule has 228 valence electrons. The summed E-state index contributed by atoms with van der Waals surface area (Å²) in [6.07, 6.45) is -2.85. The van der Waals surface area contributed by atoms with Crippen LogP contribution in [0.1, 0.15) is 53.5 Å². The Labute approximate surface area is 247 Å². The molecular weight excluding hydrogens is 587 g/mol. The van der Waals surface area contributed by atoms with E-state index in [4.69, 9.17) is 19.3 Å². The van der Waals surface area contributed by atoms with E-state index in [1.54, 1.807) is 42.5 Å². The van der Waals surface area contributed by atoms with Crippen molar-refractivity contribution in [1.29, 1.82) is 0 Å². The molecule has 12 heteroatoms. The minimum Gasteiger partial charge on any atom is -0.492 e. The number of alkyl halides is 3. The van der Waals surface area contributed by atoms with Crippen LogP contribution in [0.25, 0.3) is 11.1 Å². The van der Waals surface area contributed by atoms with Crippen LogP contribution in [0.5, 0.6) is 17.2 Å². The quantitative estimate of drug-likeness (QED) is 0.341. The number of carboxylic acid groups (broad SMARTS) is 1. The summed E-state index contributed by atoms with van der Waals surface area (Å²) in [6, 6.07) is 14.2. The highest BCUT2D eigenvalue weighted by Gasteiger charge is 2.38. The third kappa shape index (κ3) is 6.03. The van der Waals surface area contributed by atoms with Crippen molar-refractivity contribution in [2.45, 2.75) is 50.0 Å². The number of fused-ring (bicyclic) bond motifs is 2. The number of hydrogen-bond acceptors (Lipinski definition) is 6. The van der Waals surface area contributed by atoms with E-state index in [1.807, 2.05) is 0 Å². The van der Waals surface area contributed by atoms with Crippen LogP contribution < -0.4 is 14.2 Å². The Hall–Kier alpha value is -3.77. The summed E-state index contributed by atoms with van der Waals surface area (Å²) in [5.41, 5.74) is 1.84. The Morgan fingerprint density at radius 2 is 1.74 bits per heavy atom. The molecule has 1 fully saturated rings. The van der Waals surface area contributed by atoms with Crippen LogP contribution in [0.15, 0.2) is 54.6 Å². The fourth-order valence-electron chi connectivity index (χ4n) is 6.22. The Morgan fingerprint density at radius 3 is 2.42 bits per heavy atom. The van der Waals surface area contributed by atoms with Gasteiger partial charge in [0.05, 0.1) is 31.4 Å². The maximum atomic E-state index is 14.2. The molecule has 0 radical (unpaired) electrons. The molecule has 0 unspecified atom stereocenters.